The Morgan fingerprint density at radius 2 is 1.88 bits per heavy atom. The van der Waals surface area contributed by atoms with Gasteiger partial charge in [-0.15, -0.1) is 0 Å². The fourth-order valence-corrected chi connectivity index (χ4v) is 2.73. The van der Waals surface area contributed by atoms with Crippen molar-refractivity contribution in [1.82, 2.24) is 0 Å². The molecule has 1 fully saturated rings. The average molecular weight is 283 g/mol. The Bertz CT molecular complexity index is 390. The summed E-state index contributed by atoms with van der Waals surface area (Å²) in [7, 11) is 1.63. The summed E-state index contributed by atoms with van der Waals surface area (Å²) in [4.78, 5) is 12.0. The van der Waals surface area contributed by atoms with Crippen LogP contribution in [0, 0.1) is 5.41 Å². The van der Waals surface area contributed by atoms with E-state index >= 15 is 0 Å². The quantitative estimate of drug-likeness (QED) is 0.587. The van der Waals surface area contributed by atoms with E-state index in [4.69, 9.17) is 15.4 Å². The molecule has 100 valence electrons. The molecule has 0 N–H and O–H groups in total. The van der Waals surface area contributed by atoms with Crippen molar-refractivity contribution in [2.45, 2.75) is 52.1 Å². The Kier molecular flexibility index (Phi) is 4.14. The lowest BCUT2D eigenvalue weighted by Crippen LogP contribution is -2.43. The maximum absolute atomic E-state index is 12.0. The third-order valence-electron chi connectivity index (χ3n) is 2.97. The van der Waals surface area contributed by atoms with Crippen molar-refractivity contribution < 1.29 is 17.9 Å². The molecule has 0 aliphatic heterocycles. The highest BCUT2D eigenvalue weighted by atomic mass is 35.7. The zero-order valence-corrected chi connectivity index (χ0v) is 12.0. The van der Waals surface area contributed by atoms with E-state index in [1.54, 1.807) is 20.8 Å². The maximum atomic E-state index is 12.0. The topological polar surface area (TPSA) is 60.4 Å². The summed E-state index contributed by atoms with van der Waals surface area (Å²) in [6.07, 6.45) is 2.57. The molecule has 1 saturated carbocycles. The normalized spacial score (nSPS) is 19.5. The van der Waals surface area contributed by atoms with Crippen LogP contribution in [0.4, 0.5) is 0 Å². The lowest BCUT2D eigenvalue weighted by atomic mass is 9.67. The number of hydrogen-bond donors (Lipinski definition) is 0. The summed E-state index contributed by atoms with van der Waals surface area (Å²) in [6, 6.07) is 0. The van der Waals surface area contributed by atoms with Gasteiger partial charge in [-0.1, -0.05) is 6.42 Å². The van der Waals surface area contributed by atoms with Gasteiger partial charge in [0, 0.05) is 10.7 Å². The first-order chi connectivity index (χ1) is 7.54. The van der Waals surface area contributed by atoms with E-state index in [-0.39, 0.29) is 18.1 Å². The largest absolute Gasteiger partial charge is 0.460 e. The van der Waals surface area contributed by atoms with Gasteiger partial charge in [0.1, 0.15) is 5.60 Å². The highest BCUT2D eigenvalue weighted by molar-refractivity contribution is 8.13. The van der Waals surface area contributed by atoms with Gasteiger partial charge in [0.15, 0.2) is 0 Å². The third-order valence-corrected chi connectivity index (χ3v) is 4.12. The molecule has 0 spiro atoms. The minimum Gasteiger partial charge on any atom is -0.460 e. The van der Waals surface area contributed by atoms with Crippen LogP contribution in [0.25, 0.3) is 0 Å². The molecule has 17 heavy (non-hydrogen) atoms. The van der Waals surface area contributed by atoms with Gasteiger partial charge in [0.25, 0.3) is 0 Å². The fraction of sp³-hybridized carbons (Fsp3) is 0.909. The van der Waals surface area contributed by atoms with E-state index in [0.29, 0.717) is 12.8 Å². The first-order valence-corrected chi connectivity index (χ1v) is 8.18. The Hall–Kier alpha value is -0.290. The fourth-order valence-electron chi connectivity index (χ4n) is 1.86. The minimum absolute atomic E-state index is 0.173. The molecule has 0 amide bonds. The van der Waals surface area contributed by atoms with Crippen molar-refractivity contribution >= 4 is 25.7 Å². The molecule has 0 aromatic rings. The summed E-state index contributed by atoms with van der Waals surface area (Å²) in [5.74, 6) is -0.468. The number of rotatable bonds is 4. The molecule has 0 unspecified atom stereocenters. The predicted octanol–water partition coefficient (Wildman–Crippen LogP) is 2.46. The smallest absolute Gasteiger partial charge is 0.312 e. The molecule has 0 aromatic carbocycles. The molecule has 0 aromatic heterocycles. The van der Waals surface area contributed by atoms with Crippen LogP contribution in [0.15, 0.2) is 0 Å². The molecular formula is C11H19ClO4S. The van der Waals surface area contributed by atoms with E-state index in [0.717, 1.165) is 6.42 Å². The summed E-state index contributed by atoms with van der Waals surface area (Å²) in [5, 5.41) is 0. The predicted molar refractivity (Wildman–Crippen MR) is 66.4 cm³/mol. The SMILES string of the molecule is CC(C)(C)OC(=O)C1(CCS(=O)(=O)Cl)CCC1. The average Bonchev–Trinajstić information content (AvgIpc) is 1.95. The molecule has 4 nitrogen and oxygen atoms in total. The van der Waals surface area contributed by atoms with Crippen LogP contribution in [-0.2, 0) is 18.6 Å². The molecule has 1 rings (SSSR count). The van der Waals surface area contributed by atoms with E-state index < -0.39 is 20.1 Å². The maximum Gasteiger partial charge on any atom is 0.312 e. The number of halogens is 1. The number of esters is 1. The van der Waals surface area contributed by atoms with Gasteiger partial charge in [-0.2, -0.15) is 0 Å². The standard InChI is InChI=1S/C11H19ClO4S/c1-10(2,3)16-9(13)11(5-4-6-11)7-8-17(12,14)15/h4-8H2,1-3H3. The summed E-state index contributed by atoms with van der Waals surface area (Å²) >= 11 is 0. The van der Waals surface area contributed by atoms with Gasteiger partial charge in [-0.25, -0.2) is 8.42 Å². The van der Waals surface area contributed by atoms with Crippen LogP contribution in [0.2, 0.25) is 0 Å². The summed E-state index contributed by atoms with van der Waals surface area (Å²) in [6.45, 7) is 5.40. The Balaban J connectivity index is 2.66. The lowest BCUT2D eigenvalue weighted by molar-refractivity contribution is -0.173. The Morgan fingerprint density at radius 3 is 2.18 bits per heavy atom. The Morgan fingerprint density at radius 1 is 1.35 bits per heavy atom. The first kappa shape index (κ1) is 14.8. The van der Waals surface area contributed by atoms with E-state index in [9.17, 15) is 13.2 Å². The lowest BCUT2D eigenvalue weighted by Gasteiger charge is -2.40. The number of carbonyl (C=O) groups is 1. The van der Waals surface area contributed by atoms with Crippen LogP contribution < -0.4 is 0 Å². The second-order valence-electron chi connectivity index (χ2n) is 5.63. The zero-order chi connectivity index (χ0) is 13.3. The second-order valence-corrected chi connectivity index (χ2v) is 8.53. The highest BCUT2D eigenvalue weighted by Gasteiger charge is 2.46. The van der Waals surface area contributed by atoms with Gasteiger partial charge >= 0.3 is 5.97 Å². The molecule has 1 aliphatic rings. The highest BCUT2D eigenvalue weighted by Crippen LogP contribution is 2.46. The van der Waals surface area contributed by atoms with Gasteiger partial charge in [0.05, 0.1) is 11.2 Å². The van der Waals surface area contributed by atoms with Crippen molar-refractivity contribution in [2.75, 3.05) is 5.75 Å². The third kappa shape index (κ3) is 4.47. The molecule has 0 bridgehead atoms. The summed E-state index contributed by atoms with van der Waals surface area (Å²) in [5.41, 5.74) is -1.17. The van der Waals surface area contributed by atoms with Crippen LogP contribution >= 0.6 is 10.7 Å². The molecule has 0 saturated heterocycles. The summed E-state index contributed by atoms with van der Waals surface area (Å²) < 4.78 is 27.2. The molecular weight excluding hydrogens is 264 g/mol. The molecule has 0 atom stereocenters. The van der Waals surface area contributed by atoms with Crippen LogP contribution in [0.1, 0.15) is 46.5 Å². The minimum atomic E-state index is -3.55. The molecule has 1 aliphatic carbocycles. The first-order valence-electron chi connectivity index (χ1n) is 5.70. The van der Waals surface area contributed by atoms with Crippen molar-refractivity contribution in [2.24, 2.45) is 5.41 Å². The van der Waals surface area contributed by atoms with E-state index in [1.807, 2.05) is 0 Å². The number of hydrogen-bond acceptors (Lipinski definition) is 4. The monoisotopic (exact) mass is 282 g/mol. The molecule has 0 radical (unpaired) electrons. The molecule has 0 heterocycles. The number of carbonyl (C=O) groups excluding carboxylic acids is 1. The van der Waals surface area contributed by atoms with E-state index in [1.165, 1.54) is 0 Å². The van der Waals surface area contributed by atoms with Crippen LogP contribution in [-0.4, -0.2) is 25.7 Å². The van der Waals surface area contributed by atoms with Crippen molar-refractivity contribution in [1.29, 1.82) is 0 Å². The van der Waals surface area contributed by atoms with E-state index in [2.05, 4.69) is 0 Å². The Labute approximate surface area is 107 Å². The van der Waals surface area contributed by atoms with Crippen molar-refractivity contribution in [3.8, 4) is 0 Å². The van der Waals surface area contributed by atoms with Crippen molar-refractivity contribution in [3.05, 3.63) is 0 Å². The zero-order valence-electron chi connectivity index (χ0n) is 10.5. The van der Waals surface area contributed by atoms with Gasteiger partial charge < -0.3 is 4.74 Å². The second kappa shape index (κ2) is 4.76. The van der Waals surface area contributed by atoms with Gasteiger partial charge in [0.2, 0.25) is 9.05 Å². The number of ether oxygens (including phenoxy) is 1. The van der Waals surface area contributed by atoms with Crippen LogP contribution in [0.5, 0.6) is 0 Å². The molecule has 6 heteroatoms. The van der Waals surface area contributed by atoms with Gasteiger partial charge in [-0.3, -0.25) is 4.79 Å². The van der Waals surface area contributed by atoms with Crippen molar-refractivity contribution in [3.63, 3.8) is 0 Å². The van der Waals surface area contributed by atoms with Crippen LogP contribution in [0.3, 0.4) is 0 Å². The van der Waals surface area contributed by atoms with Gasteiger partial charge in [-0.05, 0) is 40.0 Å².